The van der Waals surface area contributed by atoms with Gasteiger partial charge in [0.2, 0.25) is 5.91 Å². The molecule has 0 bridgehead atoms. The van der Waals surface area contributed by atoms with Crippen LogP contribution in [-0.2, 0) is 53.0 Å². The third-order valence-electron chi connectivity index (χ3n) is 11.0. The molecule has 12 heteroatoms. The van der Waals surface area contributed by atoms with Crippen LogP contribution in [0.1, 0.15) is 65.9 Å². The van der Waals surface area contributed by atoms with Gasteiger partial charge in [-0.15, -0.1) is 0 Å². The number of hydrogen-bond acceptors (Lipinski definition) is 10. The van der Waals surface area contributed by atoms with Crippen LogP contribution in [0.15, 0.2) is 103 Å². The standard InChI is InChI=1S/C44H47N3O9/c48-28-30-9-11-34(12-10-30)39-24-37(27-46-19-17-44(18-20-46)53-21-22-54-44)55-42(56-39)35-15-13-33(14-16-35)36-8-4-7-32(23-36)26-47-40(49)25-38(41(47)50)45-43(51)52-29-31-5-2-1-3-6-31/h1-16,23,37-39,42,48H,17-22,24-29H2,(H,45,51). The molecule has 4 aromatic carbocycles. The Labute approximate surface area is 326 Å². The second-order valence-corrected chi connectivity index (χ2v) is 14.9. The maximum atomic E-state index is 13.2. The van der Waals surface area contributed by atoms with Crippen molar-refractivity contribution in [2.75, 3.05) is 32.8 Å². The van der Waals surface area contributed by atoms with Crippen molar-refractivity contribution in [3.63, 3.8) is 0 Å². The Morgan fingerprint density at radius 2 is 1.52 bits per heavy atom. The van der Waals surface area contributed by atoms with Crippen molar-refractivity contribution in [3.05, 3.63) is 131 Å². The van der Waals surface area contributed by atoms with Crippen LogP contribution < -0.4 is 5.32 Å². The lowest BCUT2D eigenvalue weighted by atomic mass is 9.98. The van der Waals surface area contributed by atoms with Crippen LogP contribution in [0.3, 0.4) is 0 Å². The van der Waals surface area contributed by atoms with Gasteiger partial charge in [-0.3, -0.25) is 14.5 Å². The van der Waals surface area contributed by atoms with Gasteiger partial charge in [-0.2, -0.15) is 0 Å². The molecule has 4 unspecified atom stereocenters. The van der Waals surface area contributed by atoms with E-state index in [1.165, 1.54) is 4.90 Å². The van der Waals surface area contributed by atoms with E-state index in [1.807, 2.05) is 103 Å². The highest BCUT2D eigenvalue weighted by Crippen LogP contribution is 2.40. The van der Waals surface area contributed by atoms with Crippen LogP contribution in [0.4, 0.5) is 4.79 Å². The third-order valence-corrected chi connectivity index (χ3v) is 11.0. The van der Waals surface area contributed by atoms with E-state index in [1.54, 1.807) is 0 Å². The molecule has 12 nitrogen and oxygen atoms in total. The van der Waals surface area contributed by atoms with Gasteiger partial charge in [0, 0.05) is 44.5 Å². The average Bonchev–Trinajstić information content (AvgIpc) is 3.80. The first-order valence-corrected chi connectivity index (χ1v) is 19.3. The van der Waals surface area contributed by atoms with Gasteiger partial charge in [0.05, 0.1) is 45.0 Å². The molecule has 4 atom stereocenters. The molecule has 292 valence electrons. The Morgan fingerprint density at radius 3 is 2.25 bits per heavy atom. The number of imide groups is 1. The lowest BCUT2D eigenvalue weighted by Gasteiger charge is -2.41. The highest BCUT2D eigenvalue weighted by molar-refractivity contribution is 6.06. The maximum absolute atomic E-state index is 13.2. The lowest BCUT2D eigenvalue weighted by molar-refractivity contribution is -0.255. The Morgan fingerprint density at radius 1 is 0.804 bits per heavy atom. The minimum Gasteiger partial charge on any atom is -0.445 e. The summed E-state index contributed by atoms with van der Waals surface area (Å²) in [5, 5.41) is 12.1. The summed E-state index contributed by atoms with van der Waals surface area (Å²) in [6.45, 7) is 3.96. The van der Waals surface area contributed by atoms with E-state index in [4.69, 9.17) is 23.7 Å². The molecule has 4 heterocycles. The Bertz CT molecular complexity index is 1980. The fraction of sp³-hybridized carbons (Fsp3) is 0.386. The Kier molecular flexibility index (Phi) is 11.6. The summed E-state index contributed by atoms with van der Waals surface area (Å²) in [5.41, 5.74) is 6.27. The number of alkyl carbamates (subject to hydrolysis) is 1. The number of nitrogens with one attached hydrogen (secondary N) is 1. The van der Waals surface area contributed by atoms with E-state index < -0.39 is 30.1 Å². The van der Waals surface area contributed by atoms with Crippen molar-refractivity contribution >= 4 is 17.9 Å². The number of carbonyl (C=O) groups excluding carboxylic acids is 3. The van der Waals surface area contributed by atoms with Crippen molar-refractivity contribution in [1.29, 1.82) is 0 Å². The summed E-state index contributed by atoms with van der Waals surface area (Å²) < 4.78 is 30.4. The summed E-state index contributed by atoms with van der Waals surface area (Å²) in [7, 11) is 0. The largest absolute Gasteiger partial charge is 0.445 e. The van der Waals surface area contributed by atoms with Crippen molar-refractivity contribution in [2.45, 2.75) is 75.8 Å². The number of hydrogen-bond donors (Lipinski definition) is 2. The quantitative estimate of drug-likeness (QED) is 0.181. The molecule has 4 aliphatic heterocycles. The molecular formula is C44H47N3O9. The third kappa shape index (κ3) is 8.86. The van der Waals surface area contributed by atoms with Gasteiger partial charge in [-0.05, 0) is 39.4 Å². The summed E-state index contributed by atoms with van der Waals surface area (Å²) in [6.07, 6.45) is 0.660. The highest BCUT2D eigenvalue weighted by Gasteiger charge is 2.42. The molecule has 4 saturated heterocycles. The van der Waals surface area contributed by atoms with Gasteiger partial charge in [0.15, 0.2) is 12.1 Å². The van der Waals surface area contributed by atoms with E-state index in [9.17, 15) is 19.5 Å². The van der Waals surface area contributed by atoms with Crippen LogP contribution in [0, 0.1) is 0 Å². The highest BCUT2D eigenvalue weighted by atomic mass is 16.7. The second-order valence-electron chi connectivity index (χ2n) is 14.9. The molecule has 0 saturated carbocycles. The monoisotopic (exact) mass is 761 g/mol. The molecule has 0 aliphatic carbocycles. The van der Waals surface area contributed by atoms with Crippen molar-refractivity contribution < 1.29 is 43.2 Å². The smallest absolute Gasteiger partial charge is 0.408 e. The minimum absolute atomic E-state index is 0.0142. The van der Waals surface area contributed by atoms with Crippen molar-refractivity contribution in [3.8, 4) is 11.1 Å². The number of aliphatic hydroxyl groups excluding tert-OH is 1. The van der Waals surface area contributed by atoms with Crippen molar-refractivity contribution in [1.82, 2.24) is 15.1 Å². The molecule has 56 heavy (non-hydrogen) atoms. The topological polar surface area (TPSA) is 136 Å². The van der Waals surface area contributed by atoms with Gasteiger partial charge in [0.25, 0.3) is 5.91 Å². The van der Waals surface area contributed by atoms with Crippen LogP contribution in [0.2, 0.25) is 0 Å². The number of benzene rings is 4. The minimum atomic E-state index is -0.974. The average molecular weight is 762 g/mol. The predicted octanol–water partition coefficient (Wildman–Crippen LogP) is 5.78. The fourth-order valence-electron chi connectivity index (χ4n) is 7.92. The second kappa shape index (κ2) is 17.0. The maximum Gasteiger partial charge on any atom is 0.408 e. The van der Waals surface area contributed by atoms with E-state index in [0.717, 1.165) is 71.4 Å². The molecule has 3 amide bonds. The first kappa shape index (κ1) is 37.9. The van der Waals surface area contributed by atoms with E-state index >= 15 is 0 Å². The van der Waals surface area contributed by atoms with Gasteiger partial charge < -0.3 is 39.0 Å². The Hall–Kier alpha value is -4.95. The number of rotatable bonds is 11. The van der Waals surface area contributed by atoms with E-state index in [2.05, 4.69) is 10.2 Å². The summed E-state index contributed by atoms with van der Waals surface area (Å²) in [5.74, 6) is -1.25. The predicted molar refractivity (Wildman–Crippen MR) is 204 cm³/mol. The zero-order valence-corrected chi connectivity index (χ0v) is 31.2. The van der Waals surface area contributed by atoms with Crippen LogP contribution in [0.25, 0.3) is 11.1 Å². The fourth-order valence-corrected chi connectivity index (χ4v) is 7.92. The summed E-state index contributed by atoms with van der Waals surface area (Å²) in [6, 6.07) is 32.0. The molecule has 4 aliphatic rings. The van der Waals surface area contributed by atoms with Gasteiger partial charge in [-0.25, -0.2) is 4.79 Å². The molecule has 4 fully saturated rings. The molecule has 4 aromatic rings. The van der Waals surface area contributed by atoms with E-state index in [-0.39, 0.29) is 44.3 Å². The zero-order chi connectivity index (χ0) is 38.5. The number of likely N-dealkylation sites (tertiary alicyclic amines) is 2. The number of carbonyl (C=O) groups is 3. The van der Waals surface area contributed by atoms with Crippen molar-refractivity contribution in [2.24, 2.45) is 0 Å². The number of amides is 3. The molecule has 0 aromatic heterocycles. The zero-order valence-electron chi connectivity index (χ0n) is 31.2. The summed E-state index contributed by atoms with van der Waals surface area (Å²) >= 11 is 0. The molecule has 2 N–H and O–H groups in total. The van der Waals surface area contributed by atoms with Crippen LogP contribution >= 0.6 is 0 Å². The number of ether oxygens (including phenoxy) is 5. The number of nitrogens with zero attached hydrogens (tertiary/aromatic N) is 2. The first-order chi connectivity index (χ1) is 27.3. The molecule has 8 rings (SSSR count). The first-order valence-electron chi connectivity index (χ1n) is 19.3. The van der Waals surface area contributed by atoms with Crippen LogP contribution in [0.5, 0.6) is 0 Å². The van der Waals surface area contributed by atoms with Crippen LogP contribution in [-0.4, -0.2) is 83.6 Å². The van der Waals surface area contributed by atoms with E-state index in [0.29, 0.717) is 19.6 Å². The van der Waals surface area contributed by atoms with Gasteiger partial charge >= 0.3 is 6.09 Å². The SMILES string of the molecule is O=C(NC1CC(=O)N(Cc2cccc(-c3ccc(C4OC(CN5CCC6(CC5)OCCO6)CC(c5ccc(CO)cc5)O4)cc3)c2)C1=O)OCc1ccccc1. The lowest BCUT2D eigenvalue weighted by Crippen LogP contribution is -2.48. The number of aliphatic hydroxyl groups is 1. The summed E-state index contributed by atoms with van der Waals surface area (Å²) in [4.78, 5) is 42.1. The normalized spacial score (nSPS) is 23.8. The van der Waals surface area contributed by atoms with Gasteiger partial charge in [-0.1, -0.05) is 97.1 Å². The number of piperidine rings is 1. The molecule has 0 radical (unpaired) electrons. The molecular weight excluding hydrogens is 714 g/mol. The van der Waals surface area contributed by atoms with Gasteiger partial charge in [0.1, 0.15) is 12.6 Å². The molecule has 1 spiro atoms. The Balaban J connectivity index is 0.910.